The van der Waals surface area contributed by atoms with Crippen LogP contribution in [-0.4, -0.2) is 110 Å². The Morgan fingerprint density at radius 1 is 0.545 bits per heavy atom. The number of ketones is 2. The zero-order valence-corrected chi connectivity index (χ0v) is 26.0. The first-order valence-electron chi connectivity index (χ1n) is 14.5. The average molecular weight is 631 g/mol. The van der Waals surface area contributed by atoms with Gasteiger partial charge >= 0.3 is 0 Å². The summed E-state index contributed by atoms with van der Waals surface area (Å²) in [5, 5.41) is 10.3. The van der Waals surface area contributed by atoms with Crippen molar-refractivity contribution in [2.24, 2.45) is 51.3 Å². The summed E-state index contributed by atoms with van der Waals surface area (Å²) in [6.07, 6.45) is -0.147. The van der Waals surface area contributed by atoms with Gasteiger partial charge in [-0.05, 0) is 18.3 Å². The number of amides is 4. The second-order valence-corrected chi connectivity index (χ2v) is 11.7. The van der Waals surface area contributed by atoms with Gasteiger partial charge in [0.15, 0.2) is 11.6 Å². The molecule has 7 unspecified atom stereocenters. The van der Waals surface area contributed by atoms with Crippen molar-refractivity contribution in [1.82, 2.24) is 21.3 Å². The van der Waals surface area contributed by atoms with Gasteiger partial charge in [-0.3, -0.25) is 28.8 Å². The molecule has 44 heavy (non-hydrogen) atoms. The van der Waals surface area contributed by atoms with Crippen molar-refractivity contribution in [3.63, 3.8) is 0 Å². The van der Waals surface area contributed by atoms with E-state index in [1.54, 1.807) is 0 Å². The maximum Gasteiger partial charge on any atom is 0.244 e. The molecule has 0 radical (unpaired) electrons. The van der Waals surface area contributed by atoms with Gasteiger partial charge in [-0.25, -0.2) is 0 Å². The molecule has 0 fully saturated rings. The van der Waals surface area contributed by atoms with Crippen molar-refractivity contribution in [2.45, 2.75) is 88.7 Å². The molecule has 0 aromatic heterocycles. The maximum absolute atomic E-state index is 13.4. The highest BCUT2D eigenvalue weighted by atomic mass is 16.2. The predicted octanol–water partition coefficient (Wildman–Crippen LogP) is -6.55. The van der Waals surface area contributed by atoms with E-state index in [4.69, 9.17) is 45.9 Å². The summed E-state index contributed by atoms with van der Waals surface area (Å²) in [5.41, 5.74) is 43.9. The second-order valence-electron chi connectivity index (χ2n) is 11.7. The van der Waals surface area contributed by atoms with E-state index in [9.17, 15) is 28.8 Å². The minimum absolute atomic E-state index is 0.0406. The van der Waals surface area contributed by atoms with Crippen LogP contribution in [0.3, 0.4) is 0 Å². The minimum Gasteiger partial charge on any atom is -0.352 e. The number of nitrogens with two attached hydrogens (primary N) is 8. The van der Waals surface area contributed by atoms with Crippen molar-refractivity contribution in [3.05, 3.63) is 0 Å². The van der Waals surface area contributed by atoms with E-state index in [2.05, 4.69) is 21.3 Å². The number of carbonyl (C=O) groups is 6. The van der Waals surface area contributed by atoms with Crippen LogP contribution in [0.25, 0.3) is 0 Å². The van der Waals surface area contributed by atoms with E-state index < -0.39 is 77.1 Å². The monoisotopic (exact) mass is 630 g/mol. The van der Waals surface area contributed by atoms with Gasteiger partial charge in [0.05, 0.1) is 30.2 Å². The van der Waals surface area contributed by atoms with Gasteiger partial charge in [-0.1, -0.05) is 20.8 Å². The number of hydrogen-bond acceptors (Lipinski definition) is 14. The number of nitrogens with one attached hydrogen (secondary N) is 4. The largest absolute Gasteiger partial charge is 0.352 e. The van der Waals surface area contributed by atoms with Crippen LogP contribution in [0, 0.1) is 5.41 Å². The summed E-state index contributed by atoms with van der Waals surface area (Å²) in [5.74, 6) is -3.46. The van der Waals surface area contributed by atoms with E-state index in [1.165, 1.54) is 0 Å². The lowest BCUT2D eigenvalue weighted by molar-refractivity contribution is -0.131. The highest BCUT2D eigenvalue weighted by Gasteiger charge is 2.33. The molecule has 0 rings (SSSR count). The molecule has 0 aliphatic heterocycles. The highest BCUT2D eigenvalue weighted by molar-refractivity contribution is 5.93. The third-order valence-electron chi connectivity index (χ3n) is 6.98. The Labute approximate surface area is 258 Å². The highest BCUT2D eigenvalue weighted by Crippen LogP contribution is 2.24. The first-order valence-corrected chi connectivity index (χ1v) is 14.5. The van der Waals surface area contributed by atoms with Crippen molar-refractivity contribution in [1.29, 1.82) is 0 Å². The molecule has 4 amide bonds. The van der Waals surface area contributed by atoms with Crippen molar-refractivity contribution in [3.8, 4) is 0 Å². The van der Waals surface area contributed by atoms with Gasteiger partial charge in [0.1, 0.15) is 6.04 Å². The molecule has 20 N–H and O–H groups in total. The predicted molar refractivity (Wildman–Crippen MR) is 165 cm³/mol. The molecule has 254 valence electrons. The van der Waals surface area contributed by atoms with Gasteiger partial charge in [0.25, 0.3) is 0 Å². The van der Waals surface area contributed by atoms with E-state index in [1.807, 2.05) is 20.8 Å². The fourth-order valence-corrected chi connectivity index (χ4v) is 3.79. The zero-order chi connectivity index (χ0) is 34.2. The Bertz CT molecular complexity index is 976. The Morgan fingerprint density at radius 2 is 0.977 bits per heavy atom. The number of rotatable bonds is 21. The summed E-state index contributed by atoms with van der Waals surface area (Å²) in [6.45, 7) is 4.60. The van der Waals surface area contributed by atoms with Gasteiger partial charge < -0.3 is 67.1 Å². The molecule has 0 aliphatic rings. The second kappa shape index (κ2) is 20.0. The fraction of sp³-hybridized carbons (Fsp3) is 0.769. The third kappa shape index (κ3) is 14.6. The molecule has 18 nitrogen and oxygen atoms in total. The Kier molecular flexibility index (Phi) is 18.6. The van der Waals surface area contributed by atoms with Crippen LogP contribution in [0.4, 0.5) is 0 Å². The van der Waals surface area contributed by atoms with Gasteiger partial charge in [-0.15, -0.1) is 0 Å². The number of hydrogen-bond donors (Lipinski definition) is 12. The molecule has 0 aliphatic carbocycles. The van der Waals surface area contributed by atoms with Crippen LogP contribution in [-0.2, 0) is 28.8 Å². The quantitative estimate of drug-likeness (QED) is 0.0561. The molecule has 0 spiro atoms. The zero-order valence-electron chi connectivity index (χ0n) is 26.0. The molecule has 0 aromatic carbocycles. The molecular weight excluding hydrogens is 576 g/mol. The van der Waals surface area contributed by atoms with Gasteiger partial charge in [-0.2, -0.15) is 0 Å². The molecule has 0 saturated heterocycles. The van der Waals surface area contributed by atoms with Crippen molar-refractivity contribution in [2.75, 3.05) is 32.7 Å². The van der Waals surface area contributed by atoms with E-state index >= 15 is 0 Å². The molecule has 18 heteroatoms. The first-order chi connectivity index (χ1) is 20.4. The smallest absolute Gasteiger partial charge is 0.244 e. The molecule has 0 aromatic rings. The molecule has 0 heterocycles. The summed E-state index contributed by atoms with van der Waals surface area (Å²) in [4.78, 5) is 75.9. The Hall–Kier alpha value is -3.10. The van der Waals surface area contributed by atoms with E-state index in [-0.39, 0.29) is 64.2 Å². The van der Waals surface area contributed by atoms with Crippen LogP contribution in [0.2, 0.25) is 0 Å². The molecule has 0 bridgehead atoms. The topological polar surface area (TPSA) is 359 Å². The lowest BCUT2D eigenvalue weighted by Crippen LogP contribution is -2.60. The minimum atomic E-state index is -1.27. The normalized spacial score (nSPS) is 16.3. The van der Waals surface area contributed by atoms with Crippen LogP contribution in [0.1, 0.15) is 46.5 Å². The van der Waals surface area contributed by atoms with Crippen molar-refractivity contribution < 1.29 is 28.8 Å². The van der Waals surface area contributed by atoms with Crippen LogP contribution in [0.15, 0.2) is 0 Å². The van der Waals surface area contributed by atoms with E-state index in [0.29, 0.717) is 0 Å². The standard InChI is InChI=1S/C26H54N12O6/c1-26(2,3)21(38-25(44)18(37-24(43)16(34)11-30)12-35-22(41)14(32)9-28)7-6-20(40)17(36-23(42)15(33)10-29)4-5-19(39)13(31)8-27/h13-18,21H,4-12,27-34H2,1-3H3,(H,35,41)(H,36,42)(H,37,43)(H,38,44). The molecular formula is C26H54N12O6. The van der Waals surface area contributed by atoms with Crippen molar-refractivity contribution >= 4 is 35.2 Å². The summed E-state index contributed by atoms with van der Waals surface area (Å²) in [6, 6.07) is -7.06. The summed E-state index contributed by atoms with van der Waals surface area (Å²) < 4.78 is 0. The Balaban J connectivity index is 5.83. The van der Waals surface area contributed by atoms with Gasteiger partial charge in [0.2, 0.25) is 23.6 Å². The van der Waals surface area contributed by atoms with Crippen LogP contribution in [0.5, 0.6) is 0 Å². The fourth-order valence-electron chi connectivity index (χ4n) is 3.79. The maximum atomic E-state index is 13.4. The Morgan fingerprint density at radius 3 is 1.43 bits per heavy atom. The summed E-state index contributed by atoms with van der Waals surface area (Å²) >= 11 is 0. The lowest BCUT2D eigenvalue weighted by Gasteiger charge is -2.33. The van der Waals surface area contributed by atoms with Gasteiger partial charge in [0, 0.05) is 51.6 Å². The van der Waals surface area contributed by atoms with Crippen LogP contribution >= 0.6 is 0 Å². The lowest BCUT2D eigenvalue weighted by atomic mass is 9.82. The van der Waals surface area contributed by atoms with E-state index in [0.717, 1.165) is 0 Å². The SMILES string of the molecule is CC(C)(C)C(CCC(=O)C(CCC(=O)C(N)CN)NC(=O)C(N)CN)NC(=O)C(CNC(=O)C(N)CN)NC(=O)C(N)CN. The average Bonchev–Trinajstić information content (AvgIpc) is 2.99. The van der Waals surface area contributed by atoms with Crippen LogP contribution < -0.4 is 67.1 Å². The first kappa shape index (κ1) is 40.9. The summed E-state index contributed by atoms with van der Waals surface area (Å²) in [7, 11) is 0. The number of Topliss-reactive ketones (excluding diaryl/α,β-unsaturated/α-hetero) is 2. The molecule has 7 atom stereocenters. The number of carbonyl (C=O) groups excluding carboxylic acids is 6. The molecule has 0 saturated carbocycles. The third-order valence-corrected chi connectivity index (χ3v) is 6.98.